The molecule has 0 saturated heterocycles. The second-order valence-electron chi connectivity index (χ2n) is 3.34. The van der Waals surface area contributed by atoms with Gasteiger partial charge in [0.15, 0.2) is 0 Å². The summed E-state index contributed by atoms with van der Waals surface area (Å²) in [5.41, 5.74) is 4.79. The molecule has 0 saturated carbocycles. The Hall–Kier alpha value is -1.27. The smallest absolute Gasteiger partial charge is 0.379 e. The van der Waals surface area contributed by atoms with Gasteiger partial charge >= 0.3 is 11.9 Å². The molecule has 0 bridgehead atoms. The van der Waals surface area contributed by atoms with E-state index >= 15 is 0 Å². The molecule has 2 N–H and O–H groups in total. The van der Waals surface area contributed by atoms with Crippen LogP contribution >= 0.6 is 12.4 Å². The Labute approximate surface area is 109 Å². The molecule has 0 spiro atoms. The van der Waals surface area contributed by atoms with E-state index in [-0.39, 0.29) is 19.0 Å². The fraction of sp³-hybridized carbons (Fsp3) is 0.364. The van der Waals surface area contributed by atoms with E-state index in [1.165, 1.54) is 19.1 Å². The van der Waals surface area contributed by atoms with Crippen molar-refractivity contribution in [3.63, 3.8) is 0 Å². The summed E-state index contributed by atoms with van der Waals surface area (Å²) in [6.45, 7) is 1.20. The van der Waals surface area contributed by atoms with Crippen molar-refractivity contribution in [2.75, 3.05) is 6.61 Å². The summed E-state index contributed by atoms with van der Waals surface area (Å²) >= 11 is 0. The molecule has 0 aliphatic carbocycles. The van der Waals surface area contributed by atoms with Gasteiger partial charge in [0, 0.05) is 5.56 Å². The lowest BCUT2D eigenvalue weighted by molar-refractivity contribution is -0.174. The second-order valence-corrected chi connectivity index (χ2v) is 3.34. The third-order valence-electron chi connectivity index (χ3n) is 2.18. The van der Waals surface area contributed by atoms with E-state index in [0.717, 1.165) is 12.1 Å². The van der Waals surface area contributed by atoms with E-state index < -0.39 is 29.3 Å². The maximum absolute atomic E-state index is 13.5. The van der Waals surface area contributed by atoms with E-state index in [0.29, 0.717) is 0 Å². The quantitative estimate of drug-likeness (QED) is 0.864. The molecule has 18 heavy (non-hydrogen) atoms. The first-order valence-corrected chi connectivity index (χ1v) is 4.96. The van der Waals surface area contributed by atoms with Crippen LogP contribution in [0.25, 0.3) is 0 Å². The first kappa shape index (κ1) is 16.7. The van der Waals surface area contributed by atoms with Crippen LogP contribution in [-0.4, -0.2) is 18.5 Å². The molecule has 0 aliphatic rings. The molecule has 1 aromatic rings. The number of halogens is 4. The lowest BCUT2D eigenvalue weighted by Gasteiger charge is -2.22. The molecule has 0 unspecified atom stereocenters. The van der Waals surface area contributed by atoms with Gasteiger partial charge in [0.25, 0.3) is 0 Å². The van der Waals surface area contributed by atoms with Crippen molar-refractivity contribution in [3.8, 4) is 0 Å². The third-order valence-corrected chi connectivity index (χ3v) is 2.18. The first-order chi connectivity index (χ1) is 7.91. The number of hydrogen-bond acceptors (Lipinski definition) is 3. The summed E-state index contributed by atoms with van der Waals surface area (Å²) in [5, 5.41) is 0. The normalized spacial score (nSPS) is 12.5. The Morgan fingerprint density at radius 2 is 2.00 bits per heavy atom. The Balaban J connectivity index is 0.00000289. The summed E-state index contributed by atoms with van der Waals surface area (Å²) in [7, 11) is 0. The minimum Gasteiger partial charge on any atom is -0.462 e. The van der Waals surface area contributed by atoms with Crippen LogP contribution in [0.4, 0.5) is 13.2 Å². The highest BCUT2D eigenvalue weighted by Crippen LogP contribution is 2.31. The van der Waals surface area contributed by atoms with Gasteiger partial charge in [0.05, 0.1) is 6.61 Å². The van der Waals surface area contributed by atoms with Crippen molar-refractivity contribution >= 4 is 18.4 Å². The number of carbonyl (C=O) groups excluding carboxylic acids is 1. The number of alkyl halides is 2. The van der Waals surface area contributed by atoms with Gasteiger partial charge in [-0.3, -0.25) is 0 Å². The zero-order valence-electron chi connectivity index (χ0n) is 9.53. The minimum absolute atomic E-state index is 0. The lowest BCUT2D eigenvalue weighted by atomic mass is 10.0. The minimum atomic E-state index is -3.96. The third kappa shape index (κ3) is 3.36. The summed E-state index contributed by atoms with van der Waals surface area (Å²) < 4.78 is 44.4. The maximum atomic E-state index is 13.5. The van der Waals surface area contributed by atoms with Crippen molar-refractivity contribution in [3.05, 3.63) is 35.6 Å². The fourth-order valence-corrected chi connectivity index (χ4v) is 1.28. The average molecular weight is 284 g/mol. The van der Waals surface area contributed by atoms with Crippen molar-refractivity contribution in [2.24, 2.45) is 5.73 Å². The number of rotatable bonds is 4. The van der Waals surface area contributed by atoms with Gasteiger partial charge in [-0.05, 0) is 13.0 Å². The van der Waals surface area contributed by atoms with Gasteiger partial charge in [-0.1, -0.05) is 18.2 Å². The van der Waals surface area contributed by atoms with Gasteiger partial charge in [-0.2, -0.15) is 8.78 Å². The number of carbonyl (C=O) groups is 1. The largest absolute Gasteiger partial charge is 0.462 e. The first-order valence-electron chi connectivity index (χ1n) is 4.96. The Kier molecular flexibility index (Phi) is 6.14. The summed E-state index contributed by atoms with van der Waals surface area (Å²) in [6, 6.07) is 2.74. The SMILES string of the molecule is CCOC(=O)C(F)(F)[C@H](N)c1ccccc1F.Cl. The van der Waals surface area contributed by atoms with Gasteiger partial charge < -0.3 is 10.5 Å². The molecule has 1 atom stereocenters. The molecule has 3 nitrogen and oxygen atoms in total. The predicted molar refractivity (Wildman–Crippen MR) is 62.2 cm³/mol. The van der Waals surface area contributed by atoms with E-state index in [2.05, 4.69) is 4.74 Å². The molecule has 0 amide bonds. The molecule has 0 heterocycles. The summed E-state index contributed by atoms with van der Waals surface area (Å²) in [5.74, 6) is -6.60. The zero-order valence-corrected chi connectivity index (χ0v) is 10.3. The Morgan fingerprint density at radius 3 is 2.50 bits per heavy atom. The van der Waals surface area contributed by atoms with E-state index in [4.69, 9.17) is 5.73 Å². The Bertz CT molecular complexity index is 415. The van der Waals surface area contributed by atoms with Crippen LogP contribution in [0.5, 0.6) is 0 Å². The van der Waals surface area contributed by atoms with Crippen molar-refractivity contribution in [2.45, 2.75) is 18.9 Å². The number of hydrogen-bond donors (Lipinski definition) is 1. The van der Waals surface area contributed by atoms with Crippen molar-refractivity contribution in [1.82, 2.24) is 0 Å². The van der Waals surface area contributed by atoms with Gasteiger partial charge in [0.2, 0.25) is 0 Å². The molecule has 0 radical (unpaired) electrons. The number of ether oxygens (including phenoxy) is 1. The zero-order chi connectivity index (χ0) is 13.1. The number of nitrogens with two attached hydrogens (primary N) is 1. The Morgan fingerprint density at radius 1 is 1.44 bits per heavy atom. The highest BCUT2D eigenvalue weighted by atomic mass is 35.5. The van der Waals surface area contributed by atoms with Crippen LogP contribution in [0, 0.1) is 5.82 Å². The topological polar surface area (TPSA) is 52.3 Å². The summed E-state index contributed by atoms with van der Waals surface area (Å²) in [6.07, 6.45) is 0. The van der Waals surface area contributed by atoms with Gasteiger partial charge in [-0.15, -0.1) is 12.4 Å². The van der Waals surface area contributed by atoms with Crippen molar-refractivity contribution in [1.29, 1.82) is 0 Å². The fourth-order valence-electron chi connectivity index (χ4n) is 1.28. The van der Waals surface area contributed by atoms with Crippen LogP contribution in [-0.2, 0) is 9.53 Å². The molecular formula is C11H13ClF3NO2. The van der Waals surface area contributed by atoms with Crippen LogP contribution in [0.3, 0.4) is 0 Å². The number of esters is 1. The van der Waals surface area contributed by atoms with Crippen LogP contribution in [0.1, 0.15) is 18.5 Å². The molecule has 0 aromatic heterocycles. The maximum Gasteiger partial charge on any atom is 0.379 e. The molecule has 102 valence electrons. The van der Waals surface area contributed by atoms with Crippen LogP contribution < -0.4 is 5.73 Å². The van der Waals surface area contributed by atoms with E-state index in [1.54, 1.807) is 0 Å². The molecule has 1 rings (SSSR count). The van der Waals surface area contributed by atoms with Crippen molar-refractivity contribution < 1.29 is 22.7 Å². The lowest BCUT2D eigenvalue weighted by Crippen LogP contribution is -2.42. The molecule has 7 heteroatoms. The molecule has 0 fully saturated rings. The highest BCUT2D eigenvalue weighted by Gasteiger charge is 2.48. The van der Waals surface area contributed by atoms with E-state index in [1.807, 2.05) is 0 Å². The summed E-state index contributed by atoms with van der Waals surface area (Å²) in [4.78, 5) is 11.0. The van der Waals surface area contributed by atoms with Gasteiger partial charge in [-0.25, -0.2) is 9.18 Å². The van der Waals surface area contributed by atoms with Gasteiger partial charge in [0.1, 0.15) is 11.9 Å². The highest BCUT2D eigenvalue weighted by molar-refractivity contribution is 5.85. The predicted octanol–water partition coefficient (Wildman–Crippen LogP) is 2.45. The monoisotopic (exact) mass is 283 g/mol. The number of benzene rings is 1. The second kappa shape index (κ2) is 6.61. The van der Waals surface area contributed by atoms with E-state index in [9.17, 15) is 18.0 Å². The van der Waals surface area contributed by atoms with Crippen LogP contribution in [0.15, 0.2) is 24.3 Å². The molecule has 0 aliphatic heterocycles. The van der Waals surface area contributed by atoms with Crippen LogP contribution in [0.2, 0.25) is 0 Å². The average Bonchev–Trinajstić information content (AvgIpc) is 2.29. The standard InChI is InChI=1S/C11H12F3NO2.ClH/c1-2-17-10(16)11(13,14)9(15)7-5-3-4-6-8(7)12;/h3-6,9H,2,15H2,1H3;1H/t9-;/m1./s1. The molecular weight excluding hydrogens is 271 g/mol. The molecule has 1 aromatic carbocycles.